The van der Waals surface area contributed by atoms with Crippen molar-refractivity contribution in [1.29, 1.82) is 0 Å². The number of aryl methyl sites for hydroxylation is 2. The molecule has 6 heteroatoms. The van der Waals surface area contributed by atoms with Crippen LogP contribution in [0.4, 0.5) is 13.2 Å². The summed E-state index contributed by atoms with van der Waals surface area (Å²) in [6, 6.07) is 5.51. The second-order valence-corrected chi connectivity index (χ2v) is 5.93. The molecule has 1 aromatic rings. The van der Waals surface area contributed by atoms with Gasteiger partial charge < -0.3 is 10.0 Å². The highest BCUT2D eigenvalue weighted by Crippen LogP contribution is 2.32. The fraction of sp³-hybridized carbons (Fsp3) is 0.562. The van der Waals surface area contributed by atoms with Crippen molar-refractivity contribution in [3.05, 3.63) is 34.9 Å². The average molecular weight is 315 g/mol. The molecule has 0 aromatic heterocycles. The molecule has 0 aliphatic carbocycles. The molecule has 1 saturated heterocycles. The fourth-order valence-electron chi connectivity index (χ4n) is 2.91. The van der Waals surface area contributed by atoms with Crippen LogP contribution in [0.15, 0.2) is 18.2 Å². The average Bonchev–Trinajstić information content (AvgIpc) is 2.45. The van der Waals surface area contributed by atoms with Crippen molar-refractivity contribution in [2.75, 3.05) is 13.1 Å². The summed E-state index contributed by atoms with van der Waals surface area (Å²) in [5.74, 6) is -0.986. The summed E-state index contributed by atoms with van der Waals surface area (Å²) in [6.45, 7) is 4.26. The Morgan fingerprint density at radius 3 is 2.36 bits per heavy atom. The number of carbonyl (C=O) groups excluding carboxylic acids is 1. The number of alkyl halides is 3. The largest absolute Gasteiger partial charge is 0.414 e. The van der Waals surface area contributed by atoms with Crippen molar-refractivity contribution in [3.63, 3.8) is 0 Å². The molecule has 1 amide bonds. The third-order valence-electron chi connectivity index (χ3n) is 4.22. The molecule has 3 nitrogen and oxygen atoms in total. The van der Waals surface area contributed by atoms with E-state index in [1.165, 1.54) is 0 Å². The predicted molar refractivity (Wildman–Crippen MR) is 76.6 cm³/mol. The van der Waals surface area contributed by atoms with Crippen molar-refractivity contribution in [2.45, 2.75) is 39.0 Å². The molecule has 1 aromatic carbocycles. The lowest BCUT2D eigenvalue weighted by Crippen LogP contribution is -2.45. The molecular weight excluding hydrogens is 295 g/mol. The van der Waals surface area contributed by atoms with Gasteiger partial charge in [0.05, 0.1) is 0 Å². The summed E-state index contributed by atoms with van der Waals surface area (Å²) >= 11 is 0. The molecule has 1 fully saturated rings. The van der Waals surface area contributed by atoms with Crippen molar-refractivity contribution in [1.82, 2.24) is 4.90 Å². The number of benzene rings is 1. The number of hydrogen-bond donors (Lipinski definition) is 1. The Hall–Kier alpha value is -1.56. The second kappa shape index (κ2) is 6.28. The first-order valence-electron chi connectivity index (χ1n) is 7.31. The maximum Gasteiger partial charge on any atom is 0.414 e. The van der Waals surface area contributed by atoms with E-state index in [0.29, 0.717) is 5.56 Å². The van der Waals surface area contributed by atoms with Gasteiger partial charge in [0.15, 0.2) is 6.10 Å². The number of likely N-dealkylation sites (tertiary alicyclic amines) is 1. The van der Waals surface area contributed by atoms with Crippen LogP contribution < -0.4 is 0 Å². The van der Waals surface area contributed by atoms with E-state index in [2.05, 4.69) is 0 Å². The molecule has 1 aliphatic heterocycles. The predicted octanol–water partition coefficient (Wildman–Crippen LogP) is 3.08. The molecule has 1 atom stereocenters. The Morgan fingerprint density at radius 2 is 1.86 bits per heavy atom. The van der Waals surface area contributed by atoms with Gasteiger partial charge in [0.25, 0.3) is 5.91 Å². The number of aliphatic hydroxyl groups excluding tert-OH is 1. The zero-order valence-electron chi connectivity index (χ0n) is 12.7. The van der Waals surface area contributed by atoms with Crippen LogP contribution in [0.3, 0.4) is 0 Å². The molecule has 0 spiro atoms. The summed E-state index contributed by atoms with van der Waals surface area (Å²) in [5, 5.41) is 9.30. The third kappa shape index (κ3) is 3.61. The van der Waals surface area contributed by atoms with E-state index in [4.69, 9.17) is 0 Å². The Morgan fingerprint density at radius 1 is 1.27 bits per heavy atom. The smallest absolute Gasteiger partial charge is 0.383 e. The van der Waals surface area contributed by atoms with Crippen LogP contribution in [0, 0.1) is 19.8 Å². The molecule has 0 bridgehead atoms. The summed E-state index contributed by atoms with van der Waals surface area (Å²) in [6.07, 6.45) is -6.56. The fourth-order valence-corrected chi connectivity index (χ4v) is 2.91. The molecule has 1 aliphatic rings. The Balaban J connectivity index is 2.01. The first-order valence-corrected chi connectivity index (χ1v) is 7.31. The molecule has 22 heavy (non-hydrogen) atoms. The minimum atomic E-state index is -4.59. The van der Waals surface area contributed by atoms with Gasteiger partial charge in [-0.15, -0.1) is 0 Å². The van der Waals surface area contributed by atoms with Gasteiger partial charge in [0, 0.05) is 18.7 Å². The topological polar surface area (TPSA) is 40.5 Å². The maximum absolute atomic E-state index is 12.5. The molecule has 2 rings (SSSR count). The van der Waals surface area contributed by atoms with E-state index in [-0.39, 0.29) is 31.8 Å². The van der Waals surface area contributed by atoms with Crippen LogP contribution >= 0.6 is 0 Å². The number of hydrogen-bond acceptors (Lipinski definition) is 2. The van der Waals surface area contributed by atoms with Crippen molar-refractivity contribution < 1.29 is 23.1 Å². The zero-order chi connectivity index (χ0) is 16.5. The van der Waals surface area contributed by atoms with Crippen molar-refractivity contribution >= 4 is 5.91 Å². The Labute approximate surface area is 127 Å². The van der Waals surface area contributed by atoms with Crippen molar-refractivity contribution in [3.8, 4) is 0 Å². The quantitative estimate of drug-likeness (QED) is 0.911. The number of halogens is 3. The molecule has 0 radical (unpaired) electrons. The van der Waals surface area contributed by atoms with Crippen LogP contribution in [-0.2, 0) is 0 Å². The van der Waals surface area contributed by atoms with E-state index >= 15 is 0 Å². The van der Waals surface area contributed by atoms with E-state index in [1.54, 1.807) is 11.0 Å². The van der Waals surface area contributed by atoms with Gasteiger partial charge in [-0.25, -0.2) is 0 Å². The minimum Gasteiger partial charge on any atom is -0.383 e. The maximum atomic E-state index is 12.5. The van der Waals surface area contributed by atoms with Gasteiger partial charge in [0.1, 0.15) is 0 Å². The van der Waals surface area contributed by atoms with E-state index in [0.717, 1.165) is 11.1 Å². The summed E-state index contributed by atoms with van der Waals surface area (Å²) in [7, 11) is 0. The number of piperidine rings is 1. The van der Waals surface area contributed by atoms with Crippen LogP contribution in [0.25, 0.3) is 0 Å². The minimum absolute atomic E-state index is 0.155. The number of aliphatic hydroxyl groups is 1. The summed E-state index contributed by atoms with van der Waals surface area (Å²) < 4.78 is 37.5. The van der Waals surface area contributed by atoms with Gasteiger partial charge in [-0.2, -0.15) is 13.2 Å². The third-order valence-corrected chi connectivity index (χ3v) is 4.22. The first-order chi connectivity index (χ1) is 10.2. The van der Waals surface area contributed by atoms with E-state index in [9.17, 15) is 23.1 Å². The molecule has 1 heterocycles. The number of rotatable bonds is 2. The molecule has 1 unspecified atom stereocenters. The lowest BCUT2D eigenvalue weighted by Gasteiger charge is -2.35. The first kappa shape index (κ1) is 16.8. The van der Waals surface area contributed by atoms with Crippen molar-refractivity contribution in [2.24, 2.45) is 5.92 Å². The standard InChI is InChI=1S/C16H20F3NO2/c1-10-3-4-13(11(2)9-10)15(22)20-7-5-12(6-8-20)14(21)16(17,18)19/h3-4,9,12,14,21H,5-8H2,1-2H3. The lowest BCUT2D eigenvalue weighted by atomic mass is 9.90. The SMILES string of the molecule is Cc1ccc(C(=O)N2CCC(C(O)C(F)(F)F)CC2)c(C)c1. The van der Waals surface area contributed by atoms with E-state index < -0.39 is 18.2 Å². The van der Waals surface area contributed by atoms with Crippen LogP contribution in [-0.4, -0.2) is 41.3 Å². The molecule has 1 N–H and O–H groups in total. The summed E-state index contributed by atoms with van der Waals surface area (Å²) in [5.41, 5.74) is 2.50. The second-order valence-electron chi connectivity index (χ2n) is 5.93. The number of carbonyl (C=O) groups is 1. The molecular formula is C16H20F3NO2. The van der Waals surface area contributed by atoms with Gasteiger partial charge in [0.2, 0.25) is 0 Å². The normalized spacial score (nSPS) is 18.4. The van der Waals surface area contributed by atoms with Gasteiger partial charge in [-0.3, -0.25) is 4.79 Å². The number of nitrogens with zero attached hydrogens (tertiary/aromatic N) is 1. The Bertz CT molecular complexity index is 549. The Kier molecular flexibility index (Phi) is 4.80. The van der Waals surface area contributed by atoms with Crippen LogP contribution in [0.1, 0.15) is 34.3 Å². The van der Waals surface area contributed by atoms with Gasteiger partial charge >= 0.3 is 6.18 Å². The number of amides is 1. The van der Waals surface area contributed by atoms with Crippen LogP contribution in [0.2, 0.25) is 0 Å². The highest BCUT2D eigenvalue weighted by molar-refractivity contribution is 5.95. The summed E-state index contributed by atoms with van der Waals surface area (Å²) in [4.78, 5) is 14.0. The lowest BCUT2D eigenvalue weighted by molar-refractivity contribution is -0.222. The highest BCUT2D eigenvalue weighted by Gasteiger charge is 2.44. The van der Waals surface area contributed by atoms with Gasteiger partial charge in [-0.05, 0) is 44.2 Å². The monoisotopic (exact) mass is 315 g/mol. The highest BCUT2D eigenvalue weighted by atomic mass is 19.4. The van der Waals surface area contributed by atoms with E-state index in [1.807, 2.05) is 26.0 Å². The zero-order valence-corrected chi connectivity index (χ0v) is 12.7. The molecule has 122 valence electrons. The van der Waals surface area contributed by atoms with Crippen LogP contribution in [0.5, 0.6) is 0 Å². The van der Waals surface area contributed by atoms with Gasteiger partial charge in [-0.1, -0.05) is 17.7 Å². The molecule has 0 saturated carbocycles.